The second-order valence-corrected chi connectivity index (χ2v) is 5.89. The smallest absolute Gasteiger partial charge is 0.224 e. The number of amides is 1. The summed E-state index contributed by atoms with van der Waals surface area (Å²) in [6, 6.07) is 0.758. The van der Waals surface area contributed by atoms with Crippen molar-refractivity contribution in [2.24, 2.45) is 11.8 Å². The van der Waals surface area contributed by atoms with Crippen LogP contribution < -0.4 is 10.6 Å². The van der Waals surface area contributed by atoms with Crippen molar-refractivity contribution in [2.75, 3.05) is 26.2 Å². The molecular formula is C13H23N3O. The Morgan fingerprint density at radius 3 is 2.59 bits per heavy atom. The van der Waals surface area contributed by atoms with E-state index in [4.69, 9.17) is 0 Å². The molecule has 0 aliphatic carbocycles. The lowest BCUT2D eigenvalue weighted by Gasteiger charge is -2.45. The lowest BCUT2D eigenvalue weighted by atomic mass is 9.83. The summed E-state index contributed by atoms with van der Waals surface area (Å²) in [6.07, 6.45) is 3.53. The fourth-order valence-corrected chi connectivity index (χ4v) is 3.64. The van der Waals surface area contributed by atoms with Crippen LogP contribution in [0.1, 0.15) is 26.2 Å². The van der Waals surface area contributed by atoms with Crippen LogP contribution in [0.5, 0.6) is 0 Å². The van der Waals surface area contributed by atoms with Gasteiger partial charge in [0.05, 0.1) is 5.92 Å². The third kappa shape index (κ3) is 2.20. The van der Waals surface area contributed by atoms with Crippen LogP contribution in [-0.2, 0) is 4.79 Å². The van der Waals surface area contributed by atoms with Crippen molar-refractivity contribution < 1.29 is 4.79 Å². The maximum absolute atomic E-state index is 12.2. The van der Waals surface area contributed by atoms with Crippen molar-refractivity contribution in [2.45, 2.75) is 38.3 Å². The van der Waals surface area contributed by atoms with Crippen LogP contribution in [0.4, 0.5) is 0 Å². The first-order valence-corrected chi connectivity index (χ1v) is 7.00. The molecule has 2 N–H and O–H groups in total. The highest BCUT2D eigenvalue weighted by molar-refractivity contribution is 5.80. The van der Waals surface area contributed by atoms with E-state index in [2.05, 4.69) is 22.5 Å². The average molecular weight is 237 g/mol. The number of carbonyl (C=O) groups is 1. The first-order chi connectivity index (χ1) is 8.24. The summed E-state index contributed by atoms with van der Waals surface area (Å²) in [5.74, 6) is 1.19. The highest BCUT2D eigenvalue weighted by Gasteiger charge is 2.37. The topological polar surface area (TPSA) is 44.4 Å². The van der Waals surface area contributed by atoms with Crippen LogP contribution in [0.25, 0.3) is 0 Å². The van der Waals surface area contributed by atoms with Gasteiger partial charge < -0.3 is 15.5 Å². The van der Waals surface area contributed by atoms with E-state index in [9.17, 15) is 4.79 Å². The molecule has 4 nitrogen and oxygen atoms in total. The number of fused-ring (bicyclic) bond motifs is 3. The van der Waals surface area contributed by atoms with Crippen LogP contribution in [0.2, 0.25) is 0 Å². The minimum Gasteiger partial charge on any atom is -0.352 e. The summed E-state index contributed by atoms with van der Waals surface area (Å²) in [5, 5.41) is 6.65. The molecule has 0 aromatic rings. The molecule has 0 spiro atoms. The molecule has 3 unspecified atom stereocenters. The number of nitrogens with one attached hydrogen (secondary N) is 2. The van der Waals surface area contributed by atoms with Gasteiger partial charge in [-0.2, -0.15) is 0 Å². The number of rotatable bonds is 2. The standard InChI is InChI=1S/C13H23N3O/c1-9-11(2-5-14-9)13(17)15-12-8-16-6-3-10(12)4-7-16/h9-12,14H,2-8H2,1H3,(H,15,17). The van der Waals surface area contributed by atoms with Gasteiger partial charge in [0.2, 0.25) is 5.91 Å². The Hall–Kier alpha value is -0.610. The molecule has 3 atom stereocenters. The number of carbonyl (C=O) groups excluding carboxylic acids is 1. The fraction of sp³-hybridized carbons (Fsp3) is 0.923. The second kappa shape index (κ2) is 4.58. The van der Waals surface area contributed by atoms with E-state index in [0.717, 1.165) is 25.4 Å². The Bertz CT molecular complexity index is 299. The van der Waals surface area contributed by atoms with E-state index in [1.165, 1.54) is 25.9 Å². The maximum atomic E-state index is 12.2. The maximum Gasteiger partial charge on any atom is 0.224 e. The van der Waals surface area contributed by atoms with Crippen LogP contribution in [0.15, 0.2) is 0 Å². The third-order valence-electron chi connectivity index (χ3n) is 4.85. The number of hydrogen-bond acceptors (Lipinski definition) is 3. The molecule has 0 saturated carbocycles. The van der Waals surface area contributed by atoms with Crippen LogP contribution in [0, 0.1) is 11.8 Å². The minimum atomic E-state index is 0.186. The molecular weight excluding hydrogens is 214 g/mol. The predicted octanol–water partition coefficient (Wildman–Crippen LogP) is 0.195. The van der Waals surface area contributed by atoms with Crippen molar-refractivity contribution in [3.8, 4) is 0 Å². The first-order valence-electron chi connectivity index (χ1n) is 7.00. The van der Waals surface area contributed by atoms with Crippen LogP contribution in [-0.4, -0.2) is 49.1 Å². The van der Waals surface area contributed by atoms with Gasteiger partial charge in [-0.25, -0.2) is 0 Å². The molecule has 4 heteroatoms. The molecule has 96 valence electrons. The average Bonchev–Trinajstić information content (AvgIpc) is 2.77. The highest BCUT2D eigenvalue weighted by Crippen LogP contribution is 2.28. The van der Waals surface area contributed by atoms with Gasteiger partial charge in [0, 0.05) is 18.6 Å². The van der Waals surface area contributed by atoms with Gasteiger partial charge >= 0.3 is 0 Å². The largest absolute Gasteiger partial charge is 0.352 e. The zero-order valence-corrected chi connectivity index (χ0v) is 10.6. The molecule has 1 amide bonds. The Morgan fingerprint density at radius 2 is 2.06 bits per heavy atom. The number of piperidine rings is 3. The minimum absolute atomic E-state index is 0.186. The van der Waals surface area contributed by atoms with E-state index in [1.54, 1.807) is 0 Å². The summed E-state index contributed by atoms with van der Waals surface area (Å²) in [5.41, 5.74) is 0. The van der Waals surface area contributed by atoms with Crippen molar-refractivity contribution in [1.82, 2.24) is 15.5 Å². The molecule has 4 rings (SSSR count). The van der Waals surface area contributed by atoms with Gasteiger partial charge in [0.15, 0.2) is 0 Å². The lowest BCUT2D eigenvalue weighted by Crippen LogP contribution is -2.58. The molecule has 4 fully saturated rings. The van der Waals surface area contributed by atoms with Gasteiger partial charge in [-0.05, 0) is 51.7 Å². The van der Waals surface area contributed by atoms with Gasteiger partial charge in [-0.3, -0.25) is 4.79 Å². The summed E-state index contributed by atoms with van der Waals surface area (Å²) in [4.78, 5) is 14.7. The Balaban J connectivity index is 1.58. The monoisotopic (exact) mass is 237 g/mol. The molecule has 4 heterocycles. The van der Waals surface area contributed by atoms with Gasteiger partial charge in [-0.1, -0.05) is 0 Å². The third-order valence-corrected chi connectivity index (χ3v) is 4.85. The van der Waals surface area contributed by atoms with E-state index < -0.39 is 0 Å². The van der Waals surface area contributed by atoms with Crippen molar-refractivity contribution >= 4 is 5.91 Å². The molecule has 4 aliphatic heterocycles. The van der Waals surface area contributed by atoms with Crippen molar-refractivity contribution in [3.63, 3.8) is 0 Å². The molecule has 0 aromatic carbocycles. The zero-order chi connectivity index (χ0) is 11.8. The molecule has 0 aromatic heterocycles. The quantitative estimate of drug-likeness (QED) is 0.721. The van der Waals surface area contributed by atoms with Gasteiger partial charge in [0.25, 0.3) is 0 Å². The number of nitrogens with zero attached hydrogens (tertiary/aromatic N) is 1. The lowest BCUT2D eigenvalue weighted by molar-refractivity contribution is -0.127. The van der Waals surface area contributed by atoms with E-state index >= 15 is 0 Å². The summed E-state index contributed by atoms with van der Waals surface area (Å²) in [7, 11) is 0. The Kier molecular flexibility index (Phi) is 3.09. The molecule has 17 heavy (non-hydrogen) atoms. The zero-order valence-electron chi connectivity index (χ0n) is 10.6. The molecule has 4 aliphatic rings. The van der Waals surface area contributed by atoms with E-state index in [0.29, 0.717) is 12.1 Å². The normalized spacial score (nSPS) is 44.9. The fourth-order valence-electron chi connectivity index (χ4n) is 3.64. The molecule has 0 radical (unpaired) electrons. The summed E-state index contributed by atoms with van der Waals surface area (Å²) in [6.45, 7) is 6.65. The van der Waals surface area contributed by atoms with E-state index in [-0.39, 0.29) is 11.8 Å². The predicted molar refractivity (Wildman–Crippen MR) is 66.7 cm³/mol. The van der Waals surface area contributed by atoms with Crippen molar-refractivity contribution in [1.29, 1.82) is 0 Å². The summed E-state index contributed by atoms with van der Waals surface area (Å²) >= 11 is 0. The second-order valence-electron chi connectivity index (χ2n) is 5.89. The molecule has 4 saturated heterocycles. The Labute approximate surface area is 103 Å². The summed E-state index contributed by atoms with van der Waals surface area (Å²) < 4.78 is 0. The van der Waals surface area contributed by atoms with Crippen LogP contribution >= 0.6 is 0 Å². The van der Waals surface area contributed by atoms with Crippen molar-refractivity contribution in [3.05, 3.63) is 0 Å². The highest BCUT2D eigenvalue weighted by atomic mass is 16.2. The van der Waals surface area contributed by atoms with Gasteiger partial charge in [0.1, 0.15) is 0 Å². The molecule has 2 bridgehead atoms. The van der Waals surface area contributed by atoms with Crippen LogP contribution in [0.3, 0.4) is 0 Å². The first kappa shape index (κ1) is 11.5. The van der Waals surface area contributed by atoms with Gasteiger partial charge in [-0.15, -0.1) is 0 Å². The Morgan fingerprint density at radius 1 is 1.29 bits per heavy atom. The van der Waals surface area contributed by atoms with E-state index in [1.807, 2.05) is 0 Å². The SMILES string of the molecule is CC1NCCC1C(=O)NC1CN2CCC1CC2. The number of hydrogen-bond donors (Lipinski definition) is 2.